The summed E-state index contributed by atoms with van der Waals surface area (Å²) in [5, 5.41) is 5.17. The minimum absolute atomic E-state index is 0.0190. The van der Waals surface area contributed by atoms with Gasteiger partial charge in [-0.3, -0.25) is 9.93 Å². The lowest BCUT2D eigenvalue weighted by Gasteiger charge is -2.26. The van der Waals surface area contributed by atoms with Gasteiger partial charge in [0, 0.05) is 36.4 Å². The summed E-state index contributed by atoms with van der Waals surface area (Å²) in [6, 6.07) is 19.1. The molecule has 1 heterocycles. The van der Waals surface area contributed by atoms with Gasteiger partial charge in [-0.2, -0.15) is 0 Å². The number of aromatic nitrogens is 2. The molecule has 2 N–H and O–H groups in total. The van der Waals surface area contributed by atoms with E-state index in [9.17, 15) is 13.6 Å². The Labute approximate surface area is 246 Å². The van der Waals surface area contributed by atoms with Crippen molar-refractivity contribution >= 4 is 23.5 Å². The summed E-state index contributed by atoms with van der Waals surface area (Å²) < 4.78 is 27.9. The second-order valence-corrected chi connectivity index (χ2v) is 10.5. The molecule has 1 amide bonds. The van der Waals surface area contributed by atoms with Gasteiger partial charge in [-0.05, 0) is 103 Å². The van der Waals surface area contributed by atoms with Crippen molar-refractivity contribution in [1.29, 1.82) is 0 Å². The molecule has 3 aromatic carbocycles. The quantitative estimate of drug-likeness (QED) is 0.226. The smallest absolute Gasteiger partial charge is 0.228 e. The van der Waals surface area contributed by atoms with Crippen molar-refractivity contribution in [2.24, 2.45) is 12.2 Å². The number of nitrogens with zero attached hydrogens (tertiary/aromatic N) is 3. The molecule has 1 aliphatic carbocycles. The number of benzene rings is 3. The zero-order chi connectivity index (χ0) is 29.8. The van der Waals surface area contributed by atoms with Crippen LogP contribution in [0.25, 0.3) is 0 Å². The fourth-order valence-electron chi connectivity index (χ4n) is 4.74. The molecule has 5 nitrogen and oxygen atoms in total. The maximum absolute atomic E-state index is 13.6. The predicted octanol–water partition coefficient (Wildman–Crippen LogP) is 7.98. The summed E-state index contributed by atoms with van der Waals surface area (Å²) in [7, 11) is 1.94. The number of hydrogen-bond acceptors (Lipinski definition) is 4. The number of amides is 1. The highest BCUT2D eigenvalue weighted by atomic mass is 32.2. The lowest BCUT2D eigenvalue weighted by molar-refractivity contribution is -0.119. The van der Waals surface area contributed by atoms with Crippen molar-refractivity contribution in [3.8, 4) is 0 Å². The van der Waals surface area contributed by atoms with E-state index < -0.39 is 0 Å². The first-order valence-corrected chi connectivity index (χ1v) is 15.0. The maximum Gasteiger partial charge on any atom is 0.228 e. The van der Waals surface area contributed by atoms with Gasteiger partial charge in [0.2, 0.25) is 5.91 Å². The van der Waals surface area contributed by atoms with Crippen LogP contribution in [0.5, 0.6) is 0 Å². The average molecular weight is 579 g/mol. The molecule has 0 saturated heterocycles. The number of aryl methyl sites for hydroxylation is 3. The third kappa shape index (κ3) is 9.26. The van der Waals surface area contributed by atoms with Crippen LogP contribution in [0.4, 0.5) is 14.5 Å². The van der Waals surface area contributed by atoms with Gasteiger partial charge < -0.3 is 9.47 Å². The van der Waals surface area contributed by atoms with Crippen molar-refractivity contribution in [1.82, 2.24) is 9.55 Å². The molecule has 1 atom stereocenters. The van der Waals surface area contributed by atoms with Crippen LogP contribution in [-0.4, -0.2) is 15.5 Å². The Bertz CT molecular complexity index is 1410. The summed E-state index contributed by atoms with van der Waals surface area (Å²) in [6.45, 7) is 6.38. The van der Waals surface area contributed by atoms with Gasteiger partial charge in [0.1, 0.15) is 17.5 Å². The van der Waals surface area contributed by atoms with E-state index in [1.54, 1.807) is 24.4 Å². The fraction of sp³-hybridized carbons (Fsp3) is 0.333. The zero-order valence-corrected chi connectivity index (χ0v) is 25.1. The molecule has 4 aromatic rings. The Morgan fingerprint density at radius 2 is 1.68 bits per heavy atom. The second kappa shape index (κ2) is 16.1. The minimum atomic E-state index is -0.272. The van der Waals surface area contributed by atoms with Gasteiger partial charge in [0.25, 0.3) is 0 Å². The number of hydrogen-bond donors (Lipinski definition) is 1. The molecule has 1 aromatic heterocycles. The molecule has 41 heavy (non-hydrogen) atoms. The lowest BCUT2D eigenvalue weighted by atomic mass is 9.91. The van der Waals surface area contributed by atoms with E-state index in [2.05, 4.69) is 23.2 Å². The molecule has 5 rings (SSSR count). The van der Waals surface area contributed by atoms with Crippen molar-refractivity contribution in [3.05, 3.63) is 113 Å². The molecular formula is C33H40F2N4OS. The fourth-order valence-corrected chi connectivity index (χ4v) is 5.08. The summed E-state index contributed by atoms with van der Waals surface area (Å²) in [6.07, 6.45) is 8.55. The highest BCUT2D eigenvalue weighted by Gasteiger charge is 2.22. The van der Waals surface area contributed by atoms with E-state index >= 15 is 0 Å². The number of anilines is 1. The van der Waals surface area contributed by atoms with Crippen LogP contribution >= 0.6 is 11.9 Å². The first-order valence-electron chi connectivity index (χ1n) is 14.1. The molecule has 0 bridgehead atoms. The normalized spacial score (nSPS) is 12.7. The van der Waals surface area contributed by atoms with E-state index in [1.807, 2.05) is 49.5 Å². The van der Waals surface area contributed by atoms with Gasteiger partial charge in [-0.25, -0.2) is 13.8 Å². The number of carbonyl (C=O) groups is 1. The second-order valence-electron chi connectivity index (χ2n) is 9.83. The van der Waals surface area contributed by atoms with Crippen molar-refractivity contribution < 1.29 is 13.6 Å². The van der Waals surface area contributed by atoms with Gasteiger partial charge in [0.15, 0.2) is 0 Å². The highest BCUT2D eigenvalue weighted by Crippen LogP contribution is 2.29. The van der Waals surface area contributed by atoms with Gasteiger partial charge >= 0.3 is 0 Å². The minimum Gasteiger partial charge on any atom is -0.337 e. The molecule has 1 unspecified atom stereocenters. The SMILES string of the molecule is CC.CC(CC(=O)N(Cc1nccn1C)c1ccc2c(c1)CCCC2)c1cccc(F)c1.NSc1cccc(F)c1. The van der Waals surface area contributed by atoms with Crippen molar-refractivity contribution in [2.45, 2.75) is 70.2 Å². The van der Waals surface area contributed by atoms with Gasteiger partial charge in [-0.15, -0.1) is 0 Å². The monoisotopic (exact) mass is 578 g/mol. The third-order valence-electron chi connectivity index (χ3n) is 7.00. The van der Waals surface area contributed by atoms with Gasteiger partial charge in [0.05, 0.1) is 6.54 Å². The van der Waals surface area contributed by atoms with Crippen LogP contribution in [0.2, 0.25) is 0 Å². The Hall–Kier alpha value is -3.49. The summed E-state index contributed by atoms with van der Waals surface area (Å²) in [5.74, 6) is 0.261. The average Bonchev–Trinajstić information content (AvgIpc) is 3.40. The molecular weight excluding hydrogens is 538 g/mol. The van der Waals surface area contributed by atoms with Crippen molar-refractivity contribution in [3.63, 3.8) is 0 Å². The predicted molar refractivity (Wildman–Crippen MR) is 165 cm³/mol. The topological polar surface area (TPSA) is 64.2 Å². The van der Waals surface area contributed by atoms with Crippen LogP contribution in [0.1, 0.15) is 68.5 Å². The van der Waals surface area contributed by atoms with Crippen LogP contribution in [0, 0.1) is 11.6 Å². The Balaban J connectivity index is 0.000000355. The molecule has 1 aliphatic rings. The number of nitrogens with two attached hydrogens (primary N) is 1. The number of imidazole rings is 1. The largest absolute Gasteiger partial charge is 0.337 e. The van der Waals surface area contributed by atoms with E-state index in [-0.39, 0.29) is 23.5 Å². The summed E-state index contributed by atoms with van der Waals surface area (Å²) in [4.78, 5) is 20.4. The first-order chi connectivity index (χ1) is 19.8. The van der Waals surface area contributed by atoms with Crippen LogP contribution in [0.15, 0.2) is 84.0 Å². The molecule has 0 saturated carbocycles. The lowest BCUT2D eigenvalue weighted by Crippen LogP contribution is -2.32. The van der Waals surface area contributed by atoms with E-state index in [0.29, 0.717) is 13.0 Å². The molecule has 8 heteroatoms. The van der Waals surface area contributed by atoms with Crippen LogP contribution < -0.4 is 10.0 Å². The standard InChI is InChI=1S/C25H28FN3O.C6H6FNS.C2H6/c1-18(20-8-5-9-22(26)15-20)14-25(30)29(17-24-27-12-13-28(24)2)23-11-10-19-6-3-4-7-21(19)16-23;7-5-2-1-3-6(4-5)9-8;1-2/h5,8-13,15-16,18H,3-4,6-7,14,17H2,1-2H3;1-4H,8H2;1-2H3. The Morgan fingerprint density at radius 1 is 1.00 bits per heavy atom. The molecule has 218 valence electrons. The number of halogens is 2. The number of fused-ring (bicyclic) bond motifs is 1. The molecule has 0 spiro atoms. The van der Waals surface area contributed by atoms with Crippen LogP contribution in [0.3, 0.4) is 0 Å². The highest BCUT2D eigenvalue weighted by molar-refractivity contribution is 7.97. The number of carbonyl (C=O) groups excluding carboxylic acids is 1. The third-order valence-corrected chi connectivity index (χ3v) is 7.52. The summed E-state index contributed by atoms with van der Waals surface area (Å²) >= 11 is 1.04. The molecule has 0 aliphatic heterocycles. The first kappa shape index (κ1) is 32.0. The van der Waals surface area contributed by atoms with E-state index in [4.69, 9.17) is 5.14 Å². The molecule has 0 fully saturated rings. The van der Waals surface area contributed by atoms with Crippen molar-refractivity contribution in [2.75, 3.05) is 4.90 Å². The number of rotatable bonds is 7. The Morgan fingerprint density at radius 3 is 2.29 bits per heavy atom. The Kier molecular flexibility index (Phi) is 12.6. The van der Waals surface area contributed by atoms with E-state index in [0.717, 1.165) is 46.8 Å². The molecule has 0 radical (unpaired) electrons. The summed E-state index contributed by atoms with van der Waals surface area (Å²) in [5.41, 5.74) is 4.48. The van der Waals surface area contributed by atoms with Crippen LogP contribution in [-0.2, 0) is 31.2 Å². The zero-order valence-electron chi connectivity index (χ0n) is 24.3. The van der Waals surface area contributed by atoms with E-state index in [1.165, 1.54) is 48.2 Å². The van der Waals surface area contributed by atoms with Gasteiger partial charge in [-0.1, -0.05) is 45.0 Å². The maximum atomic E-state index is 13.6.